The number of thiophene rings is 1. The molecule has 0 amide bonds. The highest BCUT2D eigenvalue weighted by Gasteiger charge is 2.07. The molecule has 0 saturated carbocycles. The fourth-order valence-electron chi connectivity index (χ4n) is 1.50. The zero-order valence-electron chi connectivity index (χ0n) is 7.78. The maximum absolute atomic E-state index is 10.7. The zero-order valence-corrected chi connectivity index (χ0v) is 8.60. The fraction of sp³-hybridized carbons (Fsp3) is 0.182. The first-order chi connectivity index (χ1) is 6.76. The molecule has 1 aromatic heterocycles. The second kappa shape index (κ2) is 3.52. The monoisotopic (exact) mass is 206 g/mol. The standard InChI is InChI=1S/C11H10O2S/c1-7-9-3-2-8(5-12)4-10(9)14-11(7)6-13/h2-4,6,12H,5H2,1H3. The van der Waals surface area contributed by atoms with Gasteiger partial charge < -0.3 is 5.11 Å². The molecule has 0 fully saturated rings. The lowest BCUT2D eigenvalue weighted by atomic mass is 10.1. The normalized spacial score (nSPS) is 10.7. The van der Waals surface area contributed by atoms with E-state index in [4.69, 9.17) is 5.11 Å². The van der Waals surface area contributed by atoms with E-state index in [0.717, 1.165) is 32.4 Å². The summed E-state index contributed by atoms with van der Waals surface area (Å²) >= 11 is 1.47. The lowest BCUT2D eigenvalue weighted by Gasteiger charge is -1.95. The highest BCUT2D eigenvalue weighted by atomic mass is 32.1. The van der Waals surface area contributed by atoms with Crippen LogP contribution in [0.1, 0.15) is 20.8 Å². The molecule has 1 heterocycles. The Bertz CT molecular complexity index is 485. The van der Waals surface area contributed by atoms with Crippen LogP contribution in [0.4, 0.5) is 0 Å². The summed E-state index contributed by atoms with van der Waals surface area (Å²) in [5.41, 5.74) is 1.92. The van der Waals surface area contributed by atoms with E-state index < -0.39 is 0 Å². The number of carbonyl (C=O) groups is 1. The Labute approximate surface area is 85.8 Å². The van der Waals surface area contributed by atoms with Crippen molar-refractivity contribution in [1.29, 1.82) is 0 Å². The highest BCUT2D eigenvalue weighted by Crippen LogP contribution is 2.30. The van der Waals surface area contributed by atoms with Crippen molar-refractivity contribution < 1.29 is 9.90 Å². The van der Waals surface area contributed by atoms with Crippen molar-refractivity contribution in [3.8, 4) is 0 Å². The van der Waals surface area contributed by atoms with Crippen molar-refractivity contribution in [1.82, 2.24) is 0 Å². The number of aliphatic hydroxyl groups excluding tert-OH is 1. The van der Waals surface area contributed by atoms with Crippen LogP contribution in [0.5, 0.6) is 0 Å². The second-order valence-electron chi connectivity index (χ2n) is 3.20. The van der Waals surface area contributed by atoms with E-state index in [1.165, 1.54) is 11.3 Å². The maximum Gasteiger partial charge on any atom is 0.160 e. The first kappa shape index (κ1) is 9.37. The molecule has 0 saturated heterocycles. The van der Waals surface area contributed by atoms with Crippen LogP contribution in [0.3, 0.4) is 0 Å². The van der Waals surface area contributed by atoms with Gasteiger partial charge in [-0.2, -0.15) is 0 Å². The number of carbonyl (C=O) groups excluding carboxylic acids is 1. The summed E-state index contributed by atoms with van der Waals surface area (Å²) < 4.78 is 1.07. The van der Waals surface area contributed by atoms with Crippen LogP contribution >= 0.6 is 11.3 Å². The van der Waals surface area contributed by atoms with Gasteiger partial charge in [0, 0.05) is 4.70 Å². The first-order valence-electron chi connectivity index (χ1n) is 4.34. The minimum Gasteiger partial charge on any atom is -0.392 e. The third kappa shape index (κ3) is 1.35. The van der Waals surface area contributed by atoms with Gasteiger partial charge in [-0.3, -0.25) is 4.79 Å². The average molecular weight is 206 g/mol. The van der Waals surface area contributed by atoms with Crippen molar-refractivity contribution >= 4 is 27.7 Å². The van der Waals surface area contributed by atoms with Crippen LogP contribution in [0, 0.1) is 6.92 Å². The van der Waals surface area contributed by atoms with Crippen molar-refractivity contribution in [2.24, 2.45) is 0 Å². The lowest BCUT2D eigenvalue weighted by Crippen LogP contribution is -1.80. The lowest BCUT2D eigenvalue weighted by molar-refractivity contribution is 0.112. The maximum atomic E-state index is 10.7. The molecule has 14 heavy (non-hydrogen) atoms. The molecule has 2 aromatic rings. The summed E-state index contributed by atoms with van der Waals surface area (Å²) in [5.74, 6) is 0. The summed E-state index contributed by atoms with van der Waals surface area (Å²) in [6.45, 7) is 1.99. The fourth-order valence-corrected chi connectivity index (χ4v) is 2.59. The Morgan fingerprint density at radius 3 is 2.93 bits per heavy atom. The van der Waals surface area contributed by atoms with Crippen LogP contribution in [0.15, 0.2) is 18.2 Å². The van der Waals surface area contributed by atoms with Crippen molar-refractivity contribution in [3.63, 3.8) is 0 Å². The molecule has 2 rings (SSSR count). The molecule has 0 unspecified atom stereocenters. The van der Waals surface area contributed by atoms with Gasteiger partial charge >= 0.3 is 0 Å². The molecule has 1 N–H and O–H groups in total. The number of hydrogen-bond donors (Lipinski definition) is 1. The Hall–Kier alpha value is -1.19. The highest BCUT2D eigenvalue weighted by molar-refractivity contribution is 7.20. The van der Waals surface area contributed by atoms with Gasteiger partial charge in [-0.15, -0.1) is 11.3 Å². The summed E-state index contributed by atoms with van der Waals surface area (Å²) in [4.78, 5) is 11.5. The van der Waals surface area contributed by atoms with Gasteiger partial charge in [0.15, 0.2) is 6.29 Å². The van der Waals surface area contributed by atoms with E-state index in [1.54, 1.807) is 0 Å². The van der Waals surface area contributed by atoms with E-state index >= 15 is 0 Å². The van der Waals surface area contributed by atoms with Gasteiger partial charge in [-0.25, -0.2) is 0 Å². The zero-order chi connectivity index (χ0) is 10.1. The van der Waals surface area contributed by atoms with Crippen molar-refractivity contribution in [2.45, 2.75) is 13.5 Å². The van der Waals surface area contributed by atoms with Gasteiger partial charge in [0.2, 0.25) is 0 Å². The van der Waals surface area contributed by atoms with E-state index in [1.807, 2.05) is 25.1 Å². The third-order valence-corrected chi connectivity index (χ3v) is 3.51. The van der Waals surface area contributed by atoms with Crippen LogP contribution in [0.2, 0.25) is 0 Å². The van der Waals surface area contributed by atoms with Gasteiger partial charge in [0.1, 0.15) is 0 Å². The van der Waals surface area contributed by atoms with Crippen LogP contribution in [-0.2, 0) is 6.61 Å². The molecule has 0 radical (unpaired) electrons. The SMILES string of the molecule is Cc1c(C=O)sc2cc(CO)ccc12. The van der Waals surface area contributed by atoms with Crippen molar-refractivity contribution in [2.75, 3.05) is 0 Å². The molecule has 0 aliphatic heterocycles. The third-order valence-electron chi connectivity index (χ3n) is 2.33. The number of aliphatic hydroxyl groups is 1. The van der Waals surface area contributed by atoms with Crippen molar-refractivity contribution in [3.05, 3.63) is 34.2 Å². The smallest absolute Gasteiger partial charge is 0.160 e. The van der Waals surface area contributed by atoms with Gasteiger partial charge in [-0.1, -0.05) is 12.1 Å². The minimum atomic E-state index is 0.0450. The number of benzene rings is 1. The van der Waals surface area contributed by atoms with E-state index in [-0.39, 0.29) is 6.61 Å². The van der Waals surface area contributed by atoms with Gasteiger partial charge in [0.25, 0.3) is 0 Å². The quantitative estimate of drug-likeness (QED) is 0.766. The summed E-state index contributed by atoms with van der Waals surface area (Å²) in [5, 5.41) is 10.1. The minimum absolute atomic E-state index is 0.0450. The molecule has 2 nitrogen and oxygen atoms in total. The van der Waals surface area contributed by atoms with E-state index in [0.29, 0.717) is 0 Å². The molecular weight excluding hydrogens is 196 g/mol. The summed E-state index contributed by atoms with van der Waals surface area (Å²) in [7, 11) is 0. The molecule has 72 valence electrons. The van der Waals surface area contributed by atoms with Crippen LogP contribution in [-0.4, -0.2) is 11.4 Å². The predicted molar refractivity (Wildman–Crippen MR) is 57.9 cm³/mol. The number of aryl methyl sites for hydroxylation is 1. The summed E-state index contributed by atoms with van der Waals surface area (Å²) in [6.07, 6.45) is 0.888. The molecule has 1 aromatic carbocycles. The molecule has 0 aliphatic rings. The van der Waals surface area contributed by atoms with E-state index in [2.05, 4.69) is 0 Å². The Balaban J connectivity index is 2.72. The van der Waals surface area contributed by atoms with Gasteiger partial charge in [-0.05, 0) is 29.5 Å². The predicted octanol–water partition coefficient (Wildman–Crippen LogP) is 2.51. The Morgan fingerprint density at radius 1 is 1.50 bits per heavy atom. The average Bonchev–Trinajstić information content (AvgIpc) is 2.55. The number of fused-ring (bicyclic) bond motifs is 1. The first-order valence-corrected chi connectivity index (χ1v) is 5.16. The molecule has 3 heteroatoms. The van der Waals surface area contributed by atoms with Crippen LogP contribution < -0.4 is 0 Å². The largest absolute Gasteiger partial charge is 0.392 e. The summed E-state index contributed by atoms with van der Waals surface area (Å²) in [6, 6.07) is 5.77. The topological polar surface area (TPSA) is 37.3 Å². The molecule has 0 bridgehead atoms. The molecular formula is C11H10O2S. The number of hydrogen-bond acceptors (Lipinski definition) is 3. The van der Waals surface area contributed by atoms with Crippen LogP contribution in [0.25, 0.3) is 10.1 Å². The Kier molecular flexibility index (Phi) is 2.35. The molecule has 0 spiro atoms. The second-order valence-corrected chi connectivity index (χ2v) is 4.28. The Morgan fingerprint density at radius 2 is 2.29 bits per heavy atom. The van der Waals surface area contributed by atoms with Gasteiger partial charge in [0.05, 0.1) is 11.5 Å². The molecule has 0 atom stereocenters. The number of rotatable bonds is 2. The molecule has 0 aliphatic carbocycles. The van der Waals surface area contributed by atoms with E-state index in [9.17, 15) is 4.79 Å². The number of aldehydes is 1.